The summed E-state index contributed by atoms with van der Waals surface area (Å²) >= 11 is 3.46. The summed E-state index contributed by atoms with van der Waals surface area (Å²) in [5.41, 5.74) is 2.41. The van der Waals surface area contributed by atoms with E-state index in [9.17, 15) is 4.79 Å². The van der Waals surface area contributed by atoms with Gasteiger partial charge in [-0.3, -0.25) is 9.55 Å². The highest BCUT2D eigenvalue weighted by Crippen LogP contribution is 2.16. The van der Waals surface area contributed by atoms with Crippen LogP contribution in [0.25, 0.3) is 0 Å². The Bertz CT molecular complexity index is 640. The van der Waals surface area contributed by atoms with Crippen LogP contribution in [0, 0.1) is 13.8 Å². The highest BCUT2D eigenvalue weighted by atomic mass is 79.9. The Balaban J connectivity index is 1.95. The van der Waals surface area contributed by atoms with Crippen LogP contribution in [-0.4, -0.2) is 21.1 Å². The molecule has 0 aliphatic carbocycles. The second-order valence-corrected chi connectivity index (χ2v) is 5.32. The van der Waals surface area contributed by atoms with E-state index in [1.807, 2.05) is 32.0 Å². The second kappa shape index (κ2) is 6.76. The first-order valence-electron chi connectivity index (χ1n) is 6.43. The van der Waals surface area contributed by atoms with Crippen LogP contribution in [0.2, 0.25) is 0 Å². The van der Waals surface area contributed by atoms with Gasteiger partial charge in [0.05, 0.1) is 15.9 Å². The summed E-state index contributed by atoms with van der Waals surface area (Å²) in [6.45, 7) is 5.70. The van der Waals surface area contributed by atoms with Gasteiger partial charge in [-0.15, -0.1) is 0 Å². The van der Waals surface area contributed by atoms with Gasteiger partial charge in [-0.1, -0.05) is 6.07 Å². The first-order valence-corrected chi connectivity index (χ1v) is 7.23. The van der Waals surface area contributed by atoms with Crippen molar-refractivity contribution < 1.29 is 0 Å². The predicted molar refractivity (Wildman–Crippen MR) is 81.6 cm³/mol. The fraction of sp³-hybridized carbons (Fsp3) is 0.357. The average Bonchev–Trinajstić information content (AvgIpc) is 2.45. The molecule has 2 aromatic heterocycles. The summed E-state index contributed by atoms with van der Waals surface area (Å²) in [4.78, 5) is 20.1. The summed E-state index contributed by atoms with van der Waals surface area (Å²) in [5.74, 6) is 0. The molecule has 20 heavy (non-hydrogen) atoms. The van der Waals surface area contributed by atoms with Gasteiger partial charge in [0.25, 0.3) is 0 Å². The van der Waals surface area contributed by atoms with Crippen molar-refractivity contribution in [2.24, 2.45) is 0 Å². The molecular formula is C14H17BrN4O. The molecule has 5 nitrogen and oxygen atoms in total. The van der Waals surface area contributed by atoms with E-state index in [2.05, 4.69) is 31.2 Å². The molecule has 0 aliphatic rings. The number of aryl methyl sites for hydroxylation is 1. The van der Waals surface area contributed by atoms with Gasteiger partial charge < -0.3 is 5.32 Å². The molecule has 1 N–H and O–H groups in total. The minimum Gasteiger partial charge on any atom is -0.309 e. The number of aromatic nitrogens is 3. The van der Waals surface area contributed by atoms with Crippen molar-refractivity contribution in [3.8, 4) is 0 Å². The molecule has 106 valence electrons. The topological polar surface area (TPSA) is 59.8 Å². The Morgan fingerprint density at radius 3 is 2.85 bits per heavy atom. The van der Waals surface area contributed by atoms with Crippen LogP contribution in [0.3, 0.4) is 0 Å². The third-order valence-corrected chi connectivity index (χ3v) is 4.23. The highest BCUT2D eigenvalue weighted by molar-refractivity contribution is 9.10. The number of nitrogens with zero attached hydrogens (tertiary/aromatic N) is 3. The van der Waals surface area contributed by atoms with Crippen LogP contribution in [0.5, 0.6) is 0 Å². The molecule has 0 atom stereocenters. The van der Waals surface area contributed by atoms with Gasteiger partial charge in [-0.2, -0.15) is 4.98 Å². The number of hydrogen-bond acceptors (Lipinski definition) is 4. The lowest BCUT2D eigenvalue weighted by molar-refractivity contribution is 0.558. The second-order valence-electron chi connectivity index (χ2n) is 4.53. The Morgan fingerprint density at radius 2 is 2.15 bits per heavy atom. The molecule has 0 spiro atoms. The standard InChI is InChI=1S/C14H17BrN4O/c1-10-13(15)11(2)19(14(20)18-10)8-7-16-9-12-5-3-4-6-17-12/h3-6,16H,7-9H2,1-2H3. The minimum absolute atomic E-state index is 0.206. The molecule has 0 aromatic carbocycles. The van der Waals surface area contributed by atoms with Crippen molar-refractivity contribution in [3.05, 3.63) is 56.4 Å². The number of halogens is 1. The maximum absolute atomic E-state index is 11.9. The first-order chi connectivity index (χ1) is 9.59. The maximum Gasteiger partial charge on any atom is 0.348 e. The van der Waals surface area contributed by atoms with Crippen LogP contribution in [-0.2, 0) is 13.1 Å². The molecule has 0 unspecified atom stereocenters. The van der Waals surface area contributed by atoms with Crippen LogP contribution >= 0.6 is 15.9 Å². The number of nitrogens with one attached hydrogen (secondary N) is 1. The van der Waals surface area contributed by atoms with Crippen molar-refractivity contribution in [2.75, 3.05) is 6.54 Å². The molecule has 0 fully saturated rings. The van der Waals surface area contributed by atoms with Gasteiger partial charge in [0.1, 0.15) is 0 Å². The van der Waals surface area contributed by atoms with Crippen molar-refractivity contribution >= 4 is 15.9 Å². The van der Waals surface area contributed by atoms with Crippen molar-refractivity contribution in [1.29, 1.82) is 0 Å². The smallest absolute Gasteiger partial charge is 0.309 e. The molecule has 6 heteroatoms. The van der Waals surface area contributed by atoms with Gasteiger partial charge in [0.2, 0.25) is 0 Å². The van der Waals surface area contributed by atoms with E-state index in [-0.39, 0.29) is 5.69 Å². The fourth-order valence-electron chi connectivity index (χ4n) is 1.95. The Labute approximate surface area is 126 Å². The van der Waals surface area contributed by atoms with Gasteiger partial charge in [0.15, 0.2) is 0 Å². The summed E-state index contributed by atoms with van der Waals surface area (Å²) in [5, 5.41) is 3.27. The van der Waals surface area contributed by atoms with Crippen LogP contribution in [0.4, 0.5) is 0 Å². The number of rotatable bonds is 5. The van der Waals surface area contributed by atoms with E-state index in [1.54, 1.807) is 10.8 Å². The fourth-order valence-corrected chi connectivity index (χ4v) is 2.25. The molecule has 0 bridgehead atoms. The SMILES string of the molecule is Cc1nc(=O)n(CCNCc2ccccn2)c(C)c1Br. The molecule has 2 heterocycles. The van der Waals surface area contributed by atoms with E-state index in [1.165, 1.54) is 0 Å². The minimum atomic E-state index is -0.206. The van der Waals surface area contributed by atoms with Crippen LogP contribution in [0.15, 0.2) is 33.7 Å². The van der Waals surface area contributed by atoms with Gasteiger partial charge in [-0.25, -0.2) is 4.79 Å². The quantitative estimate of drug-likeness (QED) is 0.846. The monoisotopic (exact) mass is 336 g/mol. The Kier molecular flexibility index (Phi) is 5.03. The summed E-state index contributed by atoms with van der Waals surface area (Å²) in [7, 11) is 0. The zero-order valence-corrected chi connectivity index (χ0v) is 13.1. The highest BCUT2D eigenvalue weighted by Gasteiger charge is 2.08. The molecule has 0 radical (unpaired) electrons. The summed E-state index contributed by atoms with van der Waals surface area (Å²) in [6.07, 6.45) is 1.77. The van der Waals surface area contributed by atoms with Crippen molar-refractivity contribution in [1.82, 2.24) is 19.9 Å². The van der Waals surface area contributed by atoms with E-state index in [0.29, 0.717) is 19.6 Å². The predicted octanol–water partition coefficient (Wildman–Crippen LogP) is 1.81. The van der Waals surface area contributed by atoms with E-state index < -0.39 is 0 Å². The molecular weight excluding hydrogens is 320 g/mol. The van der Waals surface area contributed by atoms with Gasteiger partial charge in [-0.05, 0) is 41.9 Å². The zero-order chi connectivity index (χ0) is 14.5. The summed E-state index contributed by atoms with van der Waals surface area (Å²) < 4.78 is 2.56. The van der Waals surface area contributed by atoms with Gasteiger partial charge in [0, 0.05) is 31.5 Å². The average molecular weight is 337 g/mol. The van der Waals surface area contributed by atoms with Crippen LogP contribution < -0.4 is 11.0 Å². The third kappa shape index (κ3) is 3.52. The van der Waals surface area contributed by atoms with Crippen LogP contribution in [0.1, 0.15) is 17.1 Å². The largest absolute Gasteiger partial charge is 0.348 e. The van der Waals surface area contributed by atoms with Crippen molar-refractivity contribution in [3.63, 3.8) is 0 Å². The maximum atomic E-state index is 11.9. The Morgan fingerprint density at radius 1 is 1.35 bits per heavy atom. The normalized spacial score (nSPS) is 10.8. The molecule has 0 saturated carbocycles. The molecule has 2 aromatic rings. The third-order valence-electron chi connectivity index (χ3n) is 3.08. The number of pyridine rings is 1. The number of hydrogen-bond donors (Lipinski definition) is 1. The van der Waals surface area contributed by atoms with E-state index >= 15 is 0 Å². The Hall–Kier alpha value is -1.53. The zero-order valence-electron chi connectivity index (χ0n) is 11.6. The van der Waals surface area contributed by atoms with Crippen molar-refractivity contribution in [2.45, 2.75) is 26.9 Å². The van der Waals surface area contributed by atoms with E-state index in [0.717, 1.165) is 21.6 Å². The lowest BCUT2D eigenvalue weighted by atomic mass is 10.3. The molecule has 0 saturated heterocycles. The lowest BCUT2D eigenvalue weighted by Crippen LogP contribution is -2.31. The lowest BCUT2D eigenvalue weighted by Gasteiger charge is -2.12. The summed E-state index contributed by atoms with van der Waals surface area (Å²) in [6, 6.07) is 5.82. The molecule has 0 aliphatic heterocycles. The van der Waals surface area contributed by atoms with Gasteiger partial charge >= 0.3 is 5.69 Å². The molecule has 2 rings (SSSR count). The molecule has 0 amide bonds. The first kappa shape index (κ1) is 14.9. The van der Waals surface area contributed by atoms with E-state index in [4.69, 9.17) is 0 Å².